The highest BCUT2D eigenvalue weighted by Crippen LogP contribution is 2.15. The molecule has 0 radical (unpaired) electrons. The molecular formula is C17H22N2O2. The first kappa shape index (κ1) is 16.8. The second kappa shape index (κ2) is 8.80. The second-order valence-electron chi connectivity index (χ2n) is 4.85. The van der Waals surface area contributed by atoms with Crippen molar-refractivity contribution in [1.82, 2.24) is 5.32 Å². The van der Waals surface area contributed by atoms with E-state index >= 15 is 0 Å². The van der Waals surface area contributed by atoms with E-state index in [0.29, 0.717) is 25.8 Å². The van der Waals surface area contributed by atoms with E-state index in [1.54, 1.807) is 18.0 Å². The Balaban J connectivity index is 2.44. The third-order valence-corrected chi connectivity index (χ3v) is 3.14. The van der Waals surface area contributed by atoms with Gasteiger partial charge >= 0.3 is 0 Å². The Morgan fingerprint density at radius 2 is 2.10 bits per heavy atom. The van der Waals surface area contributed by atoms with Gasteiger partial charge in [0.2, 0.25) is 11.8 Å². The van der Waals surface area contributed by atoms with E-state index < -0.39 is 0 Å². The molecule has 0 unspecified atom stereocenters. The lowest BCUT2D eigenvalue weighted by atomic mass is 10.1. The maximum Gasteiger partial charge on any atom is 0.226 e. The summed E-state index contributed by atoms with van der Waals surface area (Å²) in [5.41, 5.74) is 1.51. The molecule has 0 aliphatic carbocycles. The van der Waals surface area contributed by atoms with Crippen molar-refractivity contribution in [3.05, 3.63) is 29.8 Å². The van der Waals surface area contributed by atoms with Crippen molar-refractivity contribution in [2.75, 3.05) is 18.5 Å². The van der Waals surface area contributed by atoms with Crippen LogP contribution in [0.15, 0.2) is 24.3 Å². The van der Waals surface area contributed by atoms with Crippen LogP contribution in [0.2, 0.25) is 0 Å². The standard InChI is InChI=1S/C17H22N2O2/c1-4-12-18-16(20)10-7-11-17(21)19(3)15-9-6-8-14(5-2)13-15/h2,6,8-9,13H,4,7,10-12H2,1,3H3,(H,18,20). The monoisotopic (exact) mass is 286 g/mol. The lowest BCUT2D eigenvalue weighted by Crippen LogP contribution is -2.27. The molecule has 1 rings (SSSR count). The van der Waals surface area contributed by atoms with Gasteiger partial charge in [0.15, 0.2) is 0 Å². The highest BCUT2D eigenvalue weighted by atomic mass is 16.2. The van der Waals surface area contributed by atoms with Crippen LogP contribution in [0.1, 0.15) is 38.2 Å². The molecule has 1 N–H and O–H groups in total. The normalized spacial score (nSPS) is 9.76. The summed E-state index contributed by atoms with van der Waals surface area (Å²) in [6.07, 6.45) is 7.54. The van der Waals surface area contributed by atoms with E-state index in [-0.39, 0.29) is 11.8 Å². The van der Waals surface area contributed by atoms with Crippen LogP contribution >= 0.6 is 0 Å². The number of benzene rings is 1. The molecule has 1 aromatic carbocycles. The third-order valence-electron chi connectivity index (χ3n) is 3.14. The minimum absolute atomic E-state index is 0.00151. The molecule has 0 aliphatic rings. The number of terminal acetylenes is 1. The summed E-state index contributed by atoms with van der Waals surface area (Å²) < 4.78 is 0. The Morgan fingerprint density at radius 1 is 1.33 bits per heavy atom. The first-order valence-corrected chi connectivity index (χ1v) is 7.18. The molecule has 4 nitrogen and oxygen atoms in total. The topological polar surface area (TPSA) is 49.4 Å². The molecule has 4 heteroatoms. The minimum Gasteiger partial charge on any atom is -0.356 e. The molecule has 0 fully saturated rings. The van der Waals surface area contributed by atoms with E-state index in [1.165, 1.54) is 0 Å². The maximum absolute atomic E-state index is 12.1. The average molecular weight is 286 g/mol. The van der Waals surface area contributed by atoms with Crippen molar-refractivity contribution in [1.29, 1.82) is 0 Å². The molecule has 0 saturated heterocycles. The zero-order valence-electron chi connectivity index (χ0n) is 12.7. The number of nitrogens with one attached hydrogen (secondary N) is 1. The average Bonchev–Trinajstić information content (AvgIpc) is 2.52. The predicted molar refractivity (Wildman–Crippen MR) is 84.9 cm³/mol. The van der Waals surface area contributed by atoms with Gasteiger partial charge in [0.25, 0.3) is 0 Å². The maximum atomic E-state index is 12.1. The molecule has 0 bridgehead atoms. The first-order chi connectivity index (χ1) is 10.1. The van der Waals surface area contributed by atoms with Crippen molar-refractivity contribution in [3.8, 4) is 12.3 Å². The molecule has 0 atom stereocenters. The van der Waals surface area contributed by atoms with Gasteiger partial charge in [-0.05, 0) is 31.0 Å². The third kappa shape index (κ3) is 5.70. The van der Waals surface area contributed by atoms with Gasteiger partial charge in [0.1, 0.15) is 0 Å². The minimum atomic E-state index is -0.0209. The Morgan fingerprint density at radius 3 is 2.76 bits per heavy atom. The van der Waals surface area contributed by atoms with Crippen LogP contribution in [0.25, 0.3) is 0 Å². The molecule has 0 aliphatic heterocycles. The van der Waals surface area contributed by atoms with Crippen molar-refractivity contribution in [2.24, 2.45) is 0 Å². The van der Waals surface area contributed by atoms with E-state index in [0.717, 1.165) is 17.7 Å². The number of amides is 2. The van der Waals surface area contributed by atoms with Crippen LogP contribution in [0, 0.1) is 12.3 Å². The molecule has 0 heterocycles. The molecule has 0 spiro atoms. The van der Waals surface area contributed by atoms with Gasteiger partial charge in [-0.1, -0.05) is 18.9 Å². The van der Waals surface area contributed by atoms with Crippen LogP contribution in [0.5, 0.6) is 0 Å². The fourth-order valence-electron chi connectivity index (χ4n) is 1.87. The van der Waals surface area contributed by atoms with Gasteiger partial charge in [-0.3, -0.25) is 9.59 Å². The highest BCUT2D eigenvalue weighted by molar-refractivity contribution is 5.93. The lowest BCUT2D eigenvalue weighted by Gasteiger charge is -2.17. The number of carbonyl (C=O) groups is 2. The number of rotatable bonds is 7. The van der Waals surface area contributed by atoms with Crippen LogP contribution in [0.3, 0.4) is 0 Å². The van der Waals surface area contributed by atoms with Gasteiger partial charge < -0.3 is 10.2 Å². The quantitative estimate of drug-likeness (QED) is 0.782. The molecule has 0 saturated carbocycles. The summed E-state index contributed by atoms with van der Waals surface area (Å²) in [5.74, 6) is 2.53. The number of hydrogen-bond acceptors (Lipinski definition) is 2. The predicted octanol–water partition coefficient (Wildman–Crippen LogP) is 2.33. The molecule has 21 heavy (non-hydrogen) atoms. The Kier molecular flexibility index (Phi) is 7.03. The Bertz CT molecular complexity index is 532. The molecule has 112 valence electrons. The van der Waals surface area contributed by atoms with Crippen molar-refractivity contribution >= 4 is 17.5 Å². The van der Waals surface area contributed by atoms with Crippen molar-refractivity contribution < 1.29 is 9.59 Å². The van der Waals surface area contributed by atoms with Crippen LogP contribution in [-0.4, -0.2) is 25.4 Å². The van der Waals surface area contributed by atoms with Gasteiger partial charge in [0.05, 0.1) is 0 Å². The van der Waals surface area contributed by atoms with E-state index in [4.69, 9.17) is 6.42 Å². The molecule has 0 aromatic heterocycles. The molecular weight excluding hydrogens is 264 g/mol. The fourth-order valence-corrected chi connectivity index (χ4v) is 1.87. The Labute approximate surface area is 126 Å². The number of nitrogens with zero attached hydrogens (tertiary/aromatic N) is 1. The summed E-state index contributed by atoms with van der Waals surface area (Å²) in [5, 5.41) is 2.80. The van der Waals surface area contributed by atoms with Crippen LogP contribution < -0.4 is 10.2 Å². The zero-order valence-corrected chi connectivity index (χ0v) is 12.7. The number of hydrogen-bond donors (Lipinski definition) is 1. The number of carbonyl (C=O) groups excluding carboxylic acids is 2. The smallest absolute Gasteiger partial charge is 0.226 e. The van der Waals surface area contributed by atoms with Crippen molar-refractivity contribution in [3.63, 3.8) is 0 Å². The summed E-state index contributed by atoms with van der Waals surface area (Å²) in [4.78, 5) is 25.1. The van der Waals surface area contributed by atoms with Gasteiger partial charge in [-0.15, -0.1) is 6.42 Å². The fraction of sp³-hybridized carbons (Fsp3) is 0.412. The highest BCUT2D eigenvalue weighted by Gasteiger charge is 2.11. The molecule has 2 amide bonds. The van der Waals surface area contributed by atoms with Gasteiger partial charge in [-0.25, -0.2) is 0 Å². The van der Waals surface area contributed by atoms with E-state index in [1.807, 2.05) is 25.1 Å². The first-order valence-electron chi connectivity index (χ1n) is 7.18. The van der Waals surface area contributed by atoms with Crippen molar-refractivity contribution in [2.45, 2.75) is 32.6 Å². The zero-order chi connectivity index (χ0) is 15.7. The van der Waals surface area contributed by atoms with Crippen LogP contribution in [-0.2, 0) is 9.59 Å². The van der Waals surface area contributed by atoms with E-state index in [2.05, 4.69) is 11.2 Å². The summed E-state index contributed by atoms with van der Waals surface area (Å²) in [7, 11) is 1.72. The number of anilines is 1. The van der Waals surface area contributed by atoms with Gasteiger partial charge in [-0.2, -0.15) is 0 Å². The van der Waals surface area contributed by atoms with Crippen LogP contribution in [0.4, 0.5) is 5.69 Å². The summed E-state index contributed by atoms with van der Waals surface area (Å²) in [6.45, 7) is 2.69. The SMILES string of the molecule is C#Cc1cccc(N(C)C(=O)CCCC(=O)NCCC)c1. The lowest BCUT2D eigenvalue weighted by molar-refractivity contribution is -0.121. The summed E-state index contributed by atoms with van der Waals surface area (Å²) in [6, 6.07) is 7.28. The summed E-state index contributed by atoms with van der Waals surface area (Å²) >= 11 is 0. The second-order valence-corrected chi connectivity index (χ2v) is 4.85. The largest absolute Gasteiger partial charge is 0.356 e. The molecule has 1 aromatic rings. The Hall–Kier alpha value is -2.28. The van der Waals surface area contributed by atoms with E-state index in [9.17, 15) is 9.59 Å². The van der Waals surface area contributed by atoms with Gasteiger partial charge in [0, 0.05) is 37.7 Å².